The number of hydrogen-bond donors (Lipinski definition) is 1. The average Bonchev–Trinajstić information content (AvgIpc) is 2.33. The van der Waals surface area contributed by atoms with Gasteiger partial charge in [-0.05, 0) is 52.3 Å². The number of halogens is 4. The molecule has 0 aromatic heterocycles. The zero-order chi connectivity index (χ0) is 14.0. The monoisotopic (exact) mass is 405 g/mol. The normalized spacial score (nSPS) is 10.3. The minimum absolute atomic E-state index is 0.237. The van der Waals surface area contributed by atoms with Crippen molar-refractivity contribution in [3.63, 3.8) is 0 Å². The summed E-state index contributed by atoms with van der Waals surface area (Å²) in [5.74, 6) is -0.832. The molecule has 0 aliphatic rings. The highest BCUT2D eigenvalue weighted by Crippen LogP contribution is 2.26. The molecule has 98 valence electrons. The molecule has 2 rings (SSSR count). The van der Waals surface area contributed by atoms with Crippen molar-refractivity contribution in [3.8, 4) is 0 Å². The lowest BCUT2D eigenvalue weighted by Gasteiger charge is -2.09. The number of carbonyl (C=O) groups is 1. The third-order valence-electron chi connectivity index (χ3n) is 2.35. The van der Waals surface area contributed by atoms with Crippen LogP contribution in [0.25, 0.3) is 0 Å². The molecule has 19 heavy (non-hydrogen) atoms. The maximum atomic E-state index is 13.1. The van der Waals surface area contributed by atoms with Crippen LogP contribution in [-0.4, -0.2) is 5.91 Å². The molecule has 0 heterocycles. The van der Waals surface area contributed by atoms with E-state index in [0.717, 1.165) is 4.47 Å². The van der Waals surface area contributed by atoms with Crippen LogP contribution < -0.4 is 5.32 Å². The number of nitrogens with one attached hydrogen (secondary N) is 1. The lowest BCUT2D eigenvalue weighted by Crippen LogP contribution is -2.13. The second kappa shape index (κ2) is 6.03. The van der Waals surface area contributed by atoms with Crippen molar-refractivity contribution in [2.24, 2.45) is 0 Å². The molecular formula is C13H7Br2ClFNO. The summed E-state index contributed by atoms with van der Waals surface area (Å²) in [5, 5.41) is 2.85. The summed E-state index contributed by atoms with van der Waals surface area (Å²) in [6.45, 7) is 0. The Balaban J connectivity index is 2.28. The van der Waals surface area contributed by atoms with Crippen LogP contribution in [0.3, 0.4) is 0 Å². The number of benzene rings is 2. The summed E-state index contributed by atoms with van der Waals surface area (Å²) < 4.78 is 14.6. The lowest BCUT2D eigenvalue weighted by atomic mass is 10.2. The summed E-state index contributed by atoms with van der Waals surface area (Å²) in [7, 11) is 0. The van der Waals surface area contributed by atoms with Crippen molar-refractivity contribution in [2.45, 2.75) is 0 Å². The van der Waals surface area contributed by atoms with Crippen molar-refractivity contribution in [1.82, 2.24) is 0 Å². The Kier molecular flexibility index (Phi) is 4.60. The highest BCUT2D eigenvalue weighted by atomic mass is 79.9. The van der Waals surface area contributed by atoms with Gasteiger partial charge in [-0.3, -0.25) is 4.79 Å². The Bertz CT molecular complexity index is 649. The first-order chi connectivity index (χ1) is 8.97. The van der Waals surface area contributed by atoms with Gasteiger partial charge in [-0.15, -0.1) is 0 Å². The van der Waals surface area contributed by atoms with Gasteiger partial charge in [0.25, 0.3) is 5.91 Å². The molecule has 1 N–H and O–H groups in total. The zero-order valence-corrected chi connectivity index (χ0v) is 13.3. The van der Waals surface area contributed by atoms with Crippen molar-refractivity contribution in [2.75, 3.05) is 5.32 Å². The number of amides is 1. The Morgan fingerprint density at radius 3 is 2.58 bits per heavy atom. The van der Waals surface area contributed by atoms with Crippen molar-refractivity contribution < 1.29 is 9.18 Å². The Morgan fingerprint density at radius 1 is 1.16 bits per heavy atom. The Hall–Kier alpha value is -0.910. The van der Waals surface area contributed by atoms with E-state index in [1.165, 1.54) is 18.2 Å². The van der Waals surface area contributed by atoms with Crippen LogP contribution in [0.1, 0.15) is 10.4 Å². The van der Waals surface area contributed by atoms with Crippen molar-refractivity contribution in [3.05, 3.63) is 61.7 Å². The van der Waals surface area contributed by atoms with Gasteiger partial charge in [0.2, 0.25) is 0 Å². The molecule has 6 heteroatoms. The minimum atomic E-state index is -0.463. The first-order valence-electron chi connectivity index (χ1n) is 5.19. The van der Waals surface area contributed by atoms with E-state index in [9.17, 15) is 9.18 Å². The fraction of sp³-hybridized carbons (Fsp3) is 0. The molecule has 0 bridgehead atoms. The van der Waals surface area contributed by atoms with Gasteiger partial charge in [0, 0.05) is 8.95 Å². The van der Waals surface area contributed by atoms with Crippen molar-refractivity contribution in [1.29, 1.82) is 0 Å². The predicted molar refractivity (Wildman–Crippen MR) is 81.2 cm³/mol. The number of hydrogen-bond acceptors (Lipinski definition) is 1. The van der Waals surface area contributed by atoms with Gasteiger partial charge < -0.3 is 5.32 Å². The molecule has 0 aliphatic heterocycles. The van der Waals surface area contributed by atoms with E-state index >= 15 is 0 Å². The van der Waals surface area contributed by atoms with Crippen LogP contribution >= 0.6 is 43.5 Å². The zero-order valence-electron chi connectivity index (χ0n) is 9.38. The quantitative estimate of drug-likeness (QED) is 0.723. The van der Waals surface area contributed by atoms with Gasteiger partial charge >= 0.3 is 0 Å². The first-order valence-corrected chi connectivity index (χ1v) is 7.15. The third kappa shape index (κ3) is 3.55. The maximum absolute atomic E-state index is 13.1. The molecule has 0 fully saturated rings. The van der Waals surface area contributed by atoms with Crippen LogP contribution in [-0.2, 0) is 0 Å². The molecule has 2 nitrogen and oxygen atoms in total. The molecule has 2 aromatic carbocycles. The van der Waals surface area contributed by atoms with Crippen molar-refractivity contribution >= 4 is 55.1 Å². The van der Waals surface area contributed by atoms with Crippen LogP contribution in [0.2, 0.25) is 5.02 Å². The predicted octanol–water partition coefficient (Wildman–Crippen LogP) is 5.26. The van der Waals surface area contributed by atoms with Crippen LogP contribution in [0.5, 0.6) is 0 Å². The molecule has 1 amide bonds. The summed E-state index contributed by atoms with van der Waals surface area (Å²) in [5.41, 5.74) is 0.671. The van der Waals surface area contributed by atoms with Gasteiger partial charge in [-0.1, -0.05) is 27.5 Å². The number of anilines is 1. The first kappa shape index (κ1) is 14.5. The van der Waals surface area contributed by atoms with E-state index in [0.29, 0.717) is 10.0 Å². The van der Waals surface area contributed by atoms with Gasteiger partial charge in [-0.25, -0.2) is 4.39 Å². The van der Waals surface area contributed by atoms with E-state index < -0.39 is 5.82 Å². The second-order valence-corrected chi connectivity index (χ2v) is 5.88. The standard InChI is InChI=1S/C13H7Br2ClFNO/c14-7-1-3-9(10(15)5-7)13(19)18-12-6-8(17)2-4-11(12)16/h1-6H,(H,18,19). The van der Waals surface area contributed by atoms with Crippen LogP contribution in [0.15, 0.2) is 45.3 Å². The largest absolute Gasteiger partial charge is 0.321 e. The minimum Gasteiger partial charge on any atom is -0.321 e. The molecule has 0 spiro atoms. The summed E-state index contributed by atoms with van der Waals surface area (Å²) >= 11 is 12.5. The molecule has 0 saturated carbocycles. The average molecular weight is 407 g/mol. The number of carbonyl (C=O) groups excluding carboxylic acids is 1. The van der Waals surface area contributed by atoms with Gasteiger partial charge in [0.1, 0.15) is 5.82 Å². The molecular weight excluding hydrogens is 400 g/mol. The molecule has 0 saturated heterocycles. The second-order valence-electron chi connectivity index (χ2n) is 3.70. The molecule has 0 radical (unpaired) electrons. The highest BCUT2D eigenvalue weighted by molar-refractivity contribution is 9.11. The smallest absolute Gasteiger partial charge is 0.256 e. The van der Waals surface area contributed by atoms with Crippen LogP contribution in [0, 0.1) is 5.82 Å². The lowest BCUT2D eigenvalue weighted by molar-refractivity contribution is 0.102. The molecule has 0 atom stereocenters. The van der Waals surface area contributed by atoms with E-state index in [-0.39, 0.29) is 16.6 Å². The highest BCUT2D eigenvalue weighted by Gasteiger charge is 2.12. The van der Waals surface area contributed by atoms with Crippen LogP contribution in [0.4, 0.5) is 10.1 Å². The molecule has 0 aliphatic carbocycles. The van der Waals surface area contributed by atoms with E-state index in [2.05, 4.69) is 37.2 Å². The Labute approximate surface area is 131 Å². The van der Waals surface area contributed by atoms with E-state index in [1.54, 1.807) is 18.2 Å². The molecule has 2 aromatic rings. The van der Waals surface area contributed by atoms with E-state index in [1.807, 2.05) is 0 Å². The van der Waals surface area contributed by atoms with E-state index in [4.69, 9.17) is 11.6 Å². The third-order valence-corrected chi connectivity index (χ3v) is 3.83. The van der Waals surface area contributed by atoms with Gasteiger partial charge in [0.15, 0.2) is 0 Å². The summed E-state index contributed by atoms with van der Waals surface area (Å²) in [6.07, 6.45) is 0. The number of rotatable bonds is 2. The fourth-order valence-corrected chi connectivity index (χ4v) is 2.85. The molecule has 0 unspecified atom stereocenters. The van der Waals surface area contributed by atoms with Gasteiger partial charge in [0.05, 0.1) is 16.3 Å². The topological polar surface area (TPSA) is 29.1 Å². The SMILES string of the molecule is O=C(Nc1cc(F)ccc1Cl)c1ccc(Br)cc1Br. The Morgan fingerprint density at radius 2 is 1.89 bits per heavy atom. The summed E-state index contributed by atoms with van der Waals surface area (Å²) in [6, 6.07) is 8.94. The summed E-state index contributed by atoms with van der Waals surface area (Å²) in [4.78, 5) is 12.1. The van der Waals surface area contributed by atoms with Gasteiger partial charge in [-0.2, -0.15) is 0 Å². The maximum Gasteiger partial charge on any atom is 0.256 e. The fourth-order valence-electron chi connectivity index (χ4n) is 1.46.